The van der Waals surface area contributed by atoms with Crippen molar-refractivity contribution in [2.75, 3.05) is 49.2 Å². The molecule has 2 aliphatic rings. The summed E-state index contributed by atoms with van der Waals surface area (Å²) in [7, 11) is 0. The average molecular weight is 394 g/mol. The van der Waals surface area contributed by atoms with Gasteiger partial charge >= 0.3 is 0 Å². The first-order valence-electron chi connectivity index (χ1n) is 10.9. The molecule has 2 aromatic rings. The first-order chi connectivity index (χ1) is 13.9. The van der Waals surface area contributed by atoms with Gasteiger partial charge in [0.05, 0.1) is 13.2 Å². The van der Waals surface area contributed by atoms with E-state index < -0.39 is 0 Å². The smallest absolute Gasteiger partial charge is 0.160 e. The van der Waals surface area contributed by atoms with E-state index in [2.05, 4.69) is 80.5 Å². The van der Waals surface area contributed by atoms with Gasteiger partial charge in [-0.25, -0.2) is 0 Å². The molecule has 0 N–H and O–H groups in total. The van der Waals surface area contributed by atoms with Crippen LogP contribution in [0.4, 0.5) is 11.4 Å². The van der Waals surface area contributed by atoms with Gasteiger partial charge in [-0.15, -0.1) is 0 Å². The van der Waals surface area contributed by atoms with E-state index in [0.29, 0.717) is 0 Å². The van der Waals surface area contributed by atoms with Crippen LogP contribution in [0.1, 0.15) is 33.4 Å². The number of hydrogen-bond donors (Lipinski definition) is 0. The fraction of sp³-hybridized carbons (Fsp3) is 0.520. The van der Waals surface area contributed by atoms with E-state index >= 15 is 0 Å². The lowest BCUT2D eigenvalue weighted by molar-refractivity contribution is 0.0193. The van der Waals surface area contributed by atoms with Crippen molar-refractivity contribution >= 4 is 11.4 Å². The minimum atomic E-state index is 0.235. The zero-order valence-corrected chi connectivity index (χ0v) is 18.9. The number of rotatable bonds is 3. The number of benzene rings is 2. The molecule has 2 saturated heterocycles. The summed E-state index contributed by atoms with van der Waals surface area (Å²) in [6.45, 7) is 19.1. The fourth-order valence-electron chi connectivity index (χ4n) is 5.52. The molecule has 0 aromatic heterocycles. The van der Waals surface area contributed by atoms with E-state index in [4.69, 9.17) is 4.74 Å². The second-order valence-corrected chi connectivity index (χ2v) is 8.88. The summed E-state index contributed by atoms with van der Waals surface area (Å²) < 4.78 is 5.69. The summed E-state index contributed by atoms with van der Waals surface area (Å²) in [4.78, 5) is 7.87. The molecule has 0 unspecified atom stereocenters. The molecule has 0 spiro atoms. The van der Waals surface area contributed by atoms with Gasteiger partial charge in [0.15, 0.2) is 6.29 Å². The Bertz CT molecular complexity index is 789. The maximum atomic E-state index is 5.69. The van der Waals surface area contributed by atoms with Gasteiger partial charge < -0.3 is 14.5 Å². The lowest BCUT2D eigenvalue weighted by Gasteiger charge is -2.43. The van der Waals surface area contributed by atoms with Crippen LogP contribution in [-0.4, -0.2) is 50.6 Å². The van der Waals surface area contributed by atoms with Crippen LogP contribution in [0.2, 0.25) is 0 Å². The number of aryl methyl sites for hydroxylation is 6. The first kappa shape index (κ1) is 20.2. The molecule has 4 rings (SSSR count). The molecule has 0 aliphatic carbocycles. The molecule has 2 heterocycles. The third-order valence-electron chi connectivity index (χ3n) is 6.36. The Morgan fingerprint density at radius 3 is 1.38 bits per heavy atom. The first-order valence-corrected chi connectivity index (χ1v) is 10.9. The standard InChI is InChI=1S/C25H35N3O/c1-17-13-19(3)23(20(4)14-17)27-7-8-28(25(27)26-9-11-29-12-10-26)24-21(5)15-18(2)16-22(24)6/h13-16,25H,7-12H2,1-6H3. The maximum absolute atomic E-state index is 5.69. The Kier molecular flexibility index (Phi) is 5.58. The molecule has 29 heavy (non-hydrogen) atoms. The van der Waals surface area contributed by atoms with Gasteiger partial charge in [-0.2, -0.15) is 0 Å². The SMILES string of the molecule is Cc1cc(C)c(N2CCN(c3c(C)cc(C)cc3C)C2N2CCOCC2)c(C)c1. The third-order valence-corrected chi connectivity index (χ3v) is 6.36. The van der Waals surface area contributed by atoms with Gasteiger partial charge in [0.2, 0.25) is 0 Å². The topological polar surface area (TPSA) is 19.0 Å². The molecule has 4 heteroatoms. The Morgan fingerprint density at radius 2 is 1.00 bits per heavy atom. The Hall–Kier alpha value is -2.04. The highest BCUT2D eigenvalue weighted by atomic mass is 16.5. The minimum absolute atomic E-state index is 0.235. The van der Waals surface area contributed by atoms with E-state index in [9.17, 15) is 0 Å². The van der Waals surface area contributed by atoms with Gasteiger partial charge in [0, 0.05) is 37.6 Å². The number of anilines is 2. The van der Waals surface area contributed by atoms with Crippen molar-refractivity contribution in [1.29, 1.82) is 0 Å². The Morgan fingerprint density at radius 1 is 0.621 bits per heavy atom. The van der Waals surface area contributed by atoms with Crippen LogP contribution in [0.5, 0.6) is 0 Å². The van der Waals surface area contributed by atoms with Gasteiger partial charge in [-0.3, -0.25) is 4.90 Å². The molecule has 0 atom stereocenters. The van der Waals surface area contributed by atoms with Crippen LogP contribution in [0.3, 0.4) is 0 Å². The molecule has 2 fully saturated rings. The highest BCUT2D eigenvalue weighted by Gasteiger charge is 2.39. The molecule has 0 saturated carbocycles. The fourth-order valence-corrected chi connectivity index (χ4v) is 5.52. The molecule has 0 bridgehead atoms. The molecule has 156 valence electrons. The highest BCUT2D eigenvalue weighted by molar-refractivity contribution is 5.67. The molecular weight excluding hydrogens is 358 g/mol. The average Bonchev–Trinajstić information content (AvgIpc) is 3.05. The normalized spacial score (nSPS) is 18.7. The summed E-state index contributed by atoms with van der Waals surface area (Å²) in [6.07, 6.45) is 0.235. The van der Waals surface area contributed by atoms with E-state index in [1.54, 1.807) is 0 Å². The van der Waals surface area contributed by atoms with Crippen molar-refractivity contribution in [2.24, 2.45) is 0 Å². The summed E-state index contributed by atoms with van der Waals surface area (Å²) in [5.41, 5.74) is 11.0. The second-order valence-electron chi connectivity index (χ2n) is 8.88. The van der Waals surface area contributed by atoms with Crippen LogP contribution in [0.15, 0.2) is 24.3 Å². The van der Waals surface area contributed by atoms with Crippen LogP contribution in [-0.2, 0) is 4.74 Å². The monoisotopic (exact) mass is 393 g/mol. The predicted octanol–water partition coefficient (Wildman–Crippen LogP) is 4.48. The summed E-state index contributed by atoms with van der Waals surface area (Å²) >= 11 is 0. The van der Waals surface area contributed by atoms with Crippen molar-refractivity contribution < 1.29 is 4.74 Å². The summed E-state index contributed by atoms with van der Waals surface area (Å²) in [5.74, 6) is 0. The molecule has 0 amide bonds. The molecule has 4 nitrogen and oxygen atoms in total. The lowest BCUT2D eigenvalue weighted by Crippen LogP contribution is -2.56. The van der Waals surface area contributed by atoms with E-state index in [1.807, 2.05) is 0 Å². The number of hydrogen-bond acceptors (Lipinski definition) is 4. The van der Waals surface area contributed by atoms with Crippen molar-refractivity contribution in [1.82, 2.24) is 4.90 Å². The van der Waals surface area contributed by atoms with Crippen LogP contribution < -0.4 is 9.80 Å². The molecular formula is C25H35N3O. The van der Waals surface area contributed by atoms with Crippen molar-refractivity contribution in [3.8, 4) is 0 Å². The van der Waals surface area contributed by atoms with Gasteiger partial charge in [0.1, 0.15) is 0 Å². The van der Waals surface area contributed by atoms with E-state index in [0.717, 1.165) is 39.4 Å². The zero-order chi connectivity index (χ0) is 20.7. The van der Waals surface area contributed by atoms with Crippen molar-refractivity contribution in [3.63, 3.8) is 0 Å². The van der Waals surface area contributed by atoms with Gasteiger partial charge in [0.25, 0.3) is 0 Å². The maximum Gasteiger partial charge on any atom is 0.160 e. The number of morpholine rings is 1. The Labute approximate surface area is 176 Å². The largest absolute Gasteiger partial charge is 0.379 e. The van der Waals surface area contributed by atoms with Crippen molar-refractivity contribution in [3.05, 3.63) is 57.6 Å². The molecule has 2 aromatic carbocycles. The third kappa shape index (κ3) is 3.76. The number of ether oxygens (including phenoxy) is 1. The zero-order valence-electron chi connectivity index (χ0n) is 18.9. The quantitative estimate of drug-likeness (QED) is 0.765. The Balaban J connectivity index is 1.80. The van der Waals surface area contributed by atoms with E-state index in [1.165, 1.54) is 44.8 Å². The summed E-state index contributed by atoms with van der Waals surface area (Å²) in [6, 6.07) is 9.29. The lowest BCUT2D eigenvalue weighted by atomic mass is 10.0. The second kappa shape index (κ2) is 8.00. The highest BCUT2D eigenvalue weighted by Crippen LogP contribution is 2.37. The predicted molar refractivity (Wildman–Crippen MR) is 122 cm³/mol. The van der Waals surface area contributed by atoms with Gasteiger partial charge in [-0.1, -0.05) is 35.4 Å². The molecule has 0 radical (unpaired) electrons. The number of nitrogens with zero attached hydrogens (tertiary/aromatic N) is 3. The van der Waals surface area contributed by atoms with E-state index in [-0.39, 0.29) is 6.29 Å². The van der Waals surface area contributed by atoms with Crippen molar-refractivity contribution in [2.45, 2.75) is 47.8 Å². The minimum Gasteiger partial charge on any atom is -0.379 e. The van der Waals surface area contributed by atoms with Crippen LogP contribution in [0, 0.1) is 41.5 Å². The van der Waals surface area contributed by atoms with Crippen LogP contribution >= 0.6 is 0 Å². The van der Waals surface area contributed by atoms with Crippen LogP contribution in [0.25, 0.3) is 0 Å². The van der Waals surface area contributed by atoms with Gasteiger partial charge in [-0.05, 0) is 63.8 Å². The summed E-state index contributed by atoms with van der Waals surface area (Å²) in [5, 5.41) is 0. The molecule has 2 aliphatic heterocycles.